The van der Waals surface area contributed by atoms with Crippen LogP contribution in [0.3, 0.4) is 0 Å². The smallest absolute Gasteiger partial charge is 0.358 e. The second-order valence-electron chi connectivity index (χ2n) is 13.2. The number of fused-ring (bicyclic) bond motifs is 2. The Labute approximate surface area is 266 Å². The Morgan fingerprint density at radius 2 is 0.900 bits per heavy atom. The Kier molecular flexibility index (Phi) is 12.5. The number of hydrogen-bond acceptors (Lipinski definition) is 0. The minimum absolute atomic E-state index is 0. The zero-order chi connectivity index (χ0) is 27.4. The van der Waals surface area contributed by atoms with Gasteiger partial charge in [0.05, 0.1) is 0 Å². The van der Waals surface area contributed by atoms with E-state index in [1.807, 2.05) is 0 Å². The molecule has 0 unspecified atom stereocenters. The van der Waals surface area contributed by atoms with Gasteiger partial charge in [-0.25, -0.2) is 0 Å². The van der Waals surface area contributed by atoms with Gasteiger partial charge in [0.1, 0.15) is 0 Å². The van der Waals surface area contributed by atoms with Gasteiger partial charge in [0.15, 0.2) is 0 Å². The van der Waals surface area contributed by atoms with Gasteiger partial charge in [0.2, 0.25) is 0 Å². The molecule has 0 radical (unpaired) electrons. The van der Waals surface area contributed by atoms with E-state index in [9.17, 15) is 0 Å². The van der Waals surface area contributed by atoms with E-state index in [1.54, 1.807) is 11.1 Å². The number of hydrogen-bond donors (Lipinski definition) is 0. The molecule has 0 spiro atoms. The van der Waals surface area contributed by atoms with Crippen LogP contribution in [0.2, 0.25) is 0 Å². The van der Waals surface area contributed by atoms with Gasteiger partial charge in [0.25, 0.3) is 0 Å². The van der Waals surface area contributed by atoms with Gasteiger partial charge >= 0.3 is 25.8 Å². The third kappa shape index (κ3) is 6.16. The van der Waals surface area contributed by atoms with E-state index >= 15 is 0 Å². The zero-order valence-electron chi connectivity index (χ0n) is 28.2. The molecule has 0 N–H and O–H groups in total. The summed E-state index contributed by atoms with van der Waals surface area (Å²) in [5.41, 5.74) is 12.0. The maximum atomic E-state index is 2.52. The van der Waals surface area contributed by atoms with Crippen molar-refractivity contribution in [3.8, 4) is 0 Å². The molecule has 0 aliphatic carbocycles. The maximum absolute atomic E-state index is 2.52. The summed E-state index contributed by atoms with van der Waals surface area (Å²) in [5, 5.41) is 5.91. The molecule has 0 aromatic heterocycles. The molecule has 0 fully saturated rings. The minimum Gasteiger partial charge on any atom is -0.358 e. The summed E-state index contributed by atoms with van der Waals surface area (Å²) in [5.74, 6) is 2.05. The Hall–Kier alpha value is -1.47. The normalized spacial score (nSPS) is 12.0. The van der Waals surface area contributed by atoms with E-state index in [0.29, 0.717) is 23.7 Å². The molecule has 0 aliphatic rings. The Balaban J connectivity index is 0.00000267. The van der Waals surface area contributed by atoms with Crippen LogP contribution in [0, 0.1) is 14.9 Å². The van der Waals surface area contributed by atoms with E-state index in [0.717, 1.165) is 12.8 Å². The Bertz CT molecular complexity index is 1310. The van der Waals surface area contributed by atoms with Crippen LogP contribution in [0.1, 0.15) is 151 Å². The molecule has 4 aromatic rings. The first-order valence-electron chi connectivity index (χ1n) is 14.9. The van der Waals surface area contributed by atoms with Crippen molar-refractivity contribution in [1.29, 1.82) is 0 Å². The molecule has 1 heteroatoms. The first-order chi connectivity index (χ1) is 17.3. The standard InChI is InChI=1S/C37H50.2CH3.Hf/c1-13-25-15-29-17-27(21(3)4)19-31(23(7)8)33(29)35(25)37(11,12)36-26(14-2)16-30-18-28(22(5)6)20-32(24(9)10)34(30)36;;;/h15-24H,13-14H2,1-12H3;2*1H3;/q-2;2*-1;+4. The van der Waals surface area contributed by atoms with E-state index in [1.165, 1.54) is 54.9 Å². The Morgan fingerprint density at radius 3 is 1.15 bits per heavy atom. The van der Waals surface area contributed by atoms with Crippen LogP contribution in [-0.4, -0.2) is 0 Å². The molecule has 0 atom stereocenters. The SMILES string of the molecule is CCc1[cH-]c2cc(C(C)C)cc(C(C)C)c2c1C(C)(C)c1c(CC)[cH-]c2cc(C(C)C)cc(C(C)C)c12.[CH3-].[CH3-].[Hf+4]. The average molecular weight is 703 g/mol. The molecular formula is C39H56Hf. The first-order valence-corrected chi connectivity index (χ1v) is 14.9. The summed E-state index contributed by atoms with van der Waals surface area (Å²) in [7, 11) is 0. The fourth-order valence-electron chi connectivity index (χ4n) is 6.76. The monoisotopic (exact) mass is 704 g/mol. The second kappa shape index (κ2) is 13.7. The summed E-state index contributed by atoms with van der Waals surface area (Å²) in [6.07, 6.45) is 2.13. The third-order valence-electron chi connectivity index (χ3n) is 8.83. The molecule has 0 saturated heterocycles. The number of benzene rings is 2. The largest absolute Gasteiger partial charge is 4.00 e. The van der Waals surface area contributed by atoms with E-state index in [2.05, 4.69) is 119 Å². The molecule has 0 heterocycles. The molecule has 4 aromatic carbocycles. The quantitative estimate of drug-likeness (QED) is 0.127. The number of rotatable bonds is 8. The van der Waals surface area contributed by atoms with Crippen molar-refractivity contribution < 1.29 is 25.8 Å². The summed E-state index contributed by atoms with van der Waals surface area (Å²) in [4.78, 5) is 0. The fourth-order valence-corrected chi connectivity index (χ4v) is 6.76. The summed E-state index contributed by atoms with van der Waals surface area (Å²) in [6.45, 7) is 28.5. The van der Waals surface area contributed by atoms with Crippen molar-refractivity contribution in [2.75, 3.05) is 0 Å². The van der Waals surface area contributed by atoms with Crippen LogP contribution in [0.4, 0.5) is 0 Å². The van der Waals surface area contributed by atoms with Crippen molar-refractivity contribution in [2.24, 2.45) is 0 Å². The maximum Gasteiger partial charge on any atom is 4.00 e. The molecule has 0 aliphatic heterocycles. The predicted octanol–water partition coefficient (Wildman–Crippen LogP) is 12.3. The molecular weight excluding hydrogens is 647 g/mol. The summed E-state index contributed by atoms with van der Waals surface area (Å²) >= 11 is 0. The van der Waals surface area contributed by atoms with Crippen molar-refractivity contribution in [2.45, 2.75) is 125 Å². The van der Waals surface area contributed by atoms with Gasteiger partial charge < -0.3 is 14.9 Å². The van der Waals surface area contributed by atoms with Crippen molar-refractivity contribution in [1.82, 2.24) is 0 Å². The molecule has 0 amide bonds. The fraction of sp³-hybridized carbons (Fsp3) is 0.487. The van der Waals surface area contributed by atoms with Gasteiger partial charge in [-0.15, -0.1) is 68.1 Å². The Morgan fingerprint density at radius 1 is 0.575 bits per heavy atom. The van der Waals surface area contributed by atoms with E-state index in [4.69, 9.17) is 0 Å². The van der Waals surface area contributed by atoms with Gasteiger partial charge in [-0.1, -0.05) is 123 Å². The average Bonchev–Trinajstić information content (AvgIpc) is 3.41. The van der Waals surface area contributed by atoms with Gasteiger partial charge in [-0.05, 0) is 36.5 Å². The molecule has 0 nitrogen and oxygen atoms in total. The summed E-state index contributed by atoms with van der Waals surface area (Å²) < 4.78 is 0. The third-order valence-corrected chi connectivity index (χ3v) is 8.83. The van der Waals surface area contributed by atoms with Crippen LogP contribution in [0.15, 0.2) is 36.4 Å². The molecule has 4 rings (SSSR count). The van der Waals surface area contributed by atoms with Gasteiger partial charge in [-0.2, -0.15) is 0 Å². The summed E-state index contributed by atoms with van der Waals surface area (Å²) in [6, 6.07) is 15.0. The van der Waals surface area contributed by atoms with Gasteiger partial charge in [0, 0.05) is 0 Å². The minimum atomic E-state index is -0.0911. The van der Waals surface area contributed by atoms with Crippen LogP contribution in [0.5, 0.6) is 0 Å². The van der Waals surface area contributed by atoms with Crippen molar-refractivity contribution in [3.05, 3.63) is 95.8 Å². The topological polar surface area (TPSA) is 0 Å². The van der Waals surface area contributed by atoms with Crippen LogP contribution in [0.25, 0.3) is 21.5 Å². The second-order valence-corrected chi connectivity index (χ2v) is 13.2. The first kappa shape index (κ1) is 36.6. The van der Waals surface area contributed by atoms with Gasteiger partial charge in [-0.3, -0.25) is 0 Å². The van der Waals surface area contributed by atoms with Crippen molar-refractivity contribution >= 4 is 21.5 Å². The zero-order valence-corrected chi connectivity index (χ0v) is 31.8. The van der Waals surface area contributed by atoms with Crippen LogP contribution < -0.4 is 0 Å². The van der Waals surface area contributed by atoms with E-state index < -0.39 is 0 Å². The van der Waals surface area contributed by atoms with Crippen molar-refractivity contribution in [3.63, 3.8) is 0 Å². The molecule has 40 heavy (non-hydrogen) atoms. The predicted molar refractivity (Wildman–Crippen MR) is 179 cm³/mol. The molecule has 216 valence electrons. The van der Waals surface area contributed by atoms with Crippen LogP contribution in [-0.2, 0) is 44.1 Å². The molecule has 0 bridgehead atoms. The number of aryl methyl sites for hydroxylation is 2. The van der Waals surface area contributed by atoms with E-state index in [-0.39, 0.29) is 46.1 Å². The molecule has 0 saturated carbocycles. The van der Waals surface area contributed by atoms with Crippen LogP contribution >= 0.6 is 0 Å².